The van der Waals surface area contributed by atoms with Gasteiger partial charge in [0.25, 0.3) is 5.91 Å². The first-order valence-corrected chi connectivity index (χ1v) is 7.14. The first-order valence-electron chi connectivity index (χ1n) is 7.14. The van der Waals surface area contributed by atoms with Gasteiger partial charge in [-0.15, -0.1) is 0 Å². The molecule has 3 aromatic rings. The summed E-state index contributed by atoms with van der Waals surface area (Å²) < 4.78 is 5.18. The fourth-order valence-electron chi connectivity index (χ4n) is 2.00. The summed E-state index contributed by atoms with van der Waals surface area (Å²) in [5, 5.41) is 2.67. The second-order valence-corrected chi connectivity index (χ2v) is 5.09. The lowest BCUT2D eigenvalue weighted by Crippen LogP contribution is -2.26. The lowest BCUT2D eigenvalue weighted by Gasteiger charge is -2.08. The Hall–Kier alpha value is -3.36. The second-order valence-electron chi connectivity index (χ2n) is 5.09. The number of carbonyl (C=O) groups excluding carboxylic acids is 1. The standard InChI is InChI=1S/C15H15N7O2/c1-8-5-18-10(19-6-8)7-20-14(23)12-13(16)22-11(9(2)21-12)15-17-3-4-24-15/h3-6H,7H2,1-2H3,(H2,16,22)(H,20,23). The molecule has 9 heteroatoms. The van der Waals surface area contributed by atoms with Crippen LogP contribution in [-0.4, -0.2) is 30.8 Å². The van der Waals surface area contributed by atoms with E-state index in [9.17, 15) is 4.79 Å². The Morgan fingerprint density at radius 2 is 1.96 bits per heavy atom. The lowest BCUT2D eigenvalue weighted by molar-refractivity contribution is 0.0945. The zero-order valence-corrected chi connectivity index (χ0v) is 13.1. The zero-order chi connectivity index (χ0) is 17.1. The molecule has 0 atom stereocenters. The van der Waals surface area contributed by atoms with Crippen LogP contribution >= 0.6 is 0 Å². The molecule has 122 valence electrons. The maximum atomic E-state index is 12.3. The van der Waals surface area contributed by atoms with Gasteiger partial charge in [0.2, 0.25) is 5.89 Å². The summed E-state index contributed by atoms with van der Waals surface area (Å²) in [5.41, 5.74) is 7.72. The smallest absolute Gasteiger partial charge is 0.274 e. The van der Waals surface area contributed by atoms with Crippen molar-refractivity contribution in [2.24, 2.45) is 0 Å². The number of hydrogen-bond acceptors (Lipinski definition) is 8. The molecule has 0 aliphatic heterocycles. The van der Waals surface area contributed by atoms with Gasteiger partial charge in [-0.1, -0.05) is 0 Å². The maximum Gasteiger partial charge on any atom is 0.274 e. The van der Waals surface area contributed by atoms with Gasteiger partial charge in [-0.3, -0.25) is 4.79 Å². The molecular formula is C15H15N7O2. The van der Waals surface area contributed by atoms with E-state index in [1.165, 1.54) is 12.5 Å². The highest BCUT2D eigenvalue weighted by molar-refractivity contribution is 5.96. The predicted octanol–water partition coefficient (Wildman–Crippen LogP) is 1.05. The summed E-state index contributed by atoms with van der Waals surface area (Å²) in [6.07, 6.45) is 6.28. The second kappa shape index (κ2) is 6.41. The molecule has 3 heterocycles. The molecule has 24 heavy (non-hydrogen) atoms. The number of hydrogen-bond donors (Lipinski definition) is 2. The maximum absolute atomic E-state index is 12.3. The third-order valence-corrected chi connectivity index (χ3v) is 3.19. The first kappa shape index (κ1) is 15.5. The molecule has 0 aliphatic carbocycles. The van der Waals surface area contributed by atoms with E-state index in [-0.39, 0.29) is 18.1 Å². The van der Waals surface area contributed by atoms with Gasteiger partial charge in [-0.2, -0.15) is 0 Å². The Morgan fingerprint density at radius 3 is 2.62 bits per heavy atom. The van der Waals surface area contributed by atoms with Crippen LogP contribution in [0.4, 0.5) is 5.82 Å². The fraction of sp³-hybridized carbons (Fsp3) is 0.200. The molecule has 0 fully saturated rings. The first-order chi connectivity index (χ1) is 11.5. The summed E-state index contributed by atoms with van der Waals surface area (Å²) in [4.78, 5) is 32.9. The third-order valence-electron chi connectivity index (χ3n) is 3.19. The van der Waals surface area contributed by atoms with Gasteiger partial charge in [0.1, 0.15) is 17.8 Å². The van der Waals surface area contributed by atoms with Crippen molar-refractivity contribution < 1.29 is 9.21 Å². The summed E-state index contributed by atoms with van der Waals surface area (Å²) in [7, 11) is 0. The van der Waals surface area contributed by atoms with Crippen molar-refractivity contribution in [3.8, 4) is 11.6 Å². The molecule has 0 unspecified atom stereocenters. The van der Waals surface area contributed by atoms with Gasteiger partial charge < -0.3 is 15.5 Å². The van der Waals surface area contributed by atoms with Crippen LogP contribution in [0.1, 0.15) is 27.6 Å². The molecule has 0 bridgehead atoms. The minimum atomic E-state index is -0.453. The van der Waals surface area contributed by atoms with Crippen LogP contribution in [0.2, 0.25) is 0 Å². The quantitative estimate of drug-likeness (QED) is 0.727. The number of nitrogens with zero attached hydrogens (tertiary/aromatic N) is 5. The number of nitrogens with one attached hydrogen (secondary N) is 1. The Balaban J connectivity index is 1.77. The van der Waals surface area contributed by atoms with Crippen molar-refractivity contribution in [2.45, 2.75) is 20.4 Å². The molecule has 0 aliphatic rings. The molecule has 3 N–H and O–H groups in total. The van der Waals surface area contributed by atoms with Gasteiger partial charge in [0.15, 0.2) is 11.5 Å². The van der Waals surface area contributed by atoms with Crippen molar-refractivity contribution in [3.63, 3.8) is 0 Å². The summed E-state index contributed by atoms with van der Waals surface area (Å²) >= 11 is 0. The minimum absolute atomic E-state index is 0.00359. The molecule has 3 aromatic heterocycles. The molecule has 0 radical (unpaired) electrons. The molecule has 0 saturated heterocycles. The Morgan fingerprint density at radius 1 is 1.21 bits per heavy atom. The van der Waals surface area contributed by atoms with Gasteiger partial charge in [-0.05, 0) is 19.4 Å². The largest absolute Gasteiger partial charge is 0.443 e. The van der Waals surface area contributed by atoms with Gasteiger partial charge in [0.05, 0.1) is 18.4 Å². The lowest BCUT2D eigenvalue weighted by atomic mass is 10.2. The number of nitrogen functional groups attached to an aromatic ring is 1. The van der Waals surface area contributed by atoms with E-state index in [0.29, 0.717) is 23.1 Å². The SMILES string of the molecule is Cc1cnc(CNC(=O)c2nc(C)c(-c3ncco3)nc2N)nc1. The van der Waals surface area contributed by atoms with Crippen LogP contribution in [0.15, 0.2) is 29.3 Å². The zero-order valence-electron chi connectivity index (χ0n) is 13.1. The number of anilines is 1. The Bertz CT molecular complexity index is 860. The van der Waals surface area contributed by atoms with Crippen molar-refractivity contribution >= 4 is 11.7 Å². The Labute approximate surface area is 137 Å². The van der Waals surface area contributed by atoms with Gasteiger partial charge in [0, 0.05) is 12.4 Å². The topological polar surface area (TPSA) is 133 Å². The summed E-state index contributed by atoms with van der Waals surface area (Å²) in [5.74, 6) is 0.336. The van der Waals surface area contributed by atoms with Crippen molar-refractivity contribution in [2.75, 3.05) is 5.73 Å². The molecule has 0 aromatic carbocycles. The predicted molar refractivity (Wildman–Crippen MR) is 84.6 cm³/mol. The van der Waals surface area contributed by atoms with Crippen LogP contribution in [0.25, 0.3) is 11.6 Å². The fourth-order valence-corrected chi connectivity index (χ4v) is 2.00. The van der Waals surface area contributed by atoms with E-state index in [1.54, 1.807) is 19.3 Å². The van der Waals surface area contributed by atoms with Crippen LogP contribution in [0.3, 0.4) is 0 Å². The number of carbonyl (C=O) groups is 1. The molecular weight excluding hydrogens is 310 g/mol. The summed E-state index contributed by atoms with van der Waals surface area (Å²) in [6.45, 7) is 3.75. The van der Waals surface area contributed by atoms with Crippen molar-refractivity contribution in [3.05, 3.63) is 47.6 Å². The monoisotopic (exact) mass is 325 g/mol. The van der Waals surface area contributed by atoms with Gasteiger partial charge in [-0.25, -0.2) is 24.9 Å². The number of aromatic nitrogens is 5. The van der Waals surface area contributed by atoms with E-state index in [4.69, 9.17) is 10.2 Å². The van der Waals surface area contributed by atoms with Crippen LogP contribution < -0.4 is 11.1 Å². The van der Waals surface area contributed by atoms with Crippen LogP contribution in [-0.2, 0) is 6.54 Å². The molecule has 3 rings (SSSR count). The molecule has 0 saturated carbocycles. The minimum Gasteiger partial charge on any atom is -0.443 e. The van der Waals surface area contributed by atoms with Crippen LogP contribution in [0, 0.1) is 13.8 Å². The van der Waals surface area contributed by atoms with E-state index in [0.717, 1.165) is 5.56 Å². The highest BCUT2D eigenvalue weighted by atomic mass is 16.3. The number of rotatable bonds is 4. The average molecular weight is 325 g/mol. The number of nitrogens with two attached hydrogens (primary N) is 1. The molecule has 0 spiro atoms. The summed E-state index contributed by atoms with van der Waals surface area (Å²) in [6, 6.07) is 0. The average Bonchev–Trinajstić information content (AvgIpc) is 3.10. The highest BCUT2D eigenvalue weighted by Gasteiger charge is 2.18. The van der Waals surface area contributed by atoms with E-state index >= 15 is 0 Å². The van der Waals surface area contributed by atoms with Gasteiger partial charge >= 0.3 is 0 Å². The Kier molecular flexibility index (Phi) is 4.15. The van der Waals surface area contributed by atoms with Crippen molar-refractivity contribution in [1.29, 1.82) is 0 Å². The van der Waals surface area contributed by atoms with Crippen LogP contribution in [0.5, 0.6) is 0 Å². The normalized spacial score (nSPS) is 10.6. The van der Waals surface area contributed by atoms with E-state index < -0.39 is 5.91 Å². The molecule has 9 nitrogen and oxygen atoms in total. The molecule has 1 amide bonds. The number of aryl methyl sites for hydroxylation is 2. The third kappa shape index (κ3) is 3.19. The highest BCUT2D eigenvalue weighted by Crippen LogP contribution is 2.20. The van der Waals surface area contributed by atoms with E-state index in [1.807, 2.05) is 6.92 Å². The number of oxazole rings is 1. The van der Waals surface area contributed by atoms with E-state index in [2.05, 4.69) is 30.2 Å². The number of amides is 1. The van der Waals surface area contributed by atoms with Crippen molar-refractivity contribution in [1.82, 2.24) is 30.2 Å².